The number of urea groups is 1. The zero-order valence-electron chi connectivity index (χ0n) is 12.6. The largest absolute Gasteiger partial charge is 0.497 e. The van der Waals surface area contributed by atoms with E-state index in [4.69, 9.17) is 4.74 Å². The van der Waals surface area contributed by atoms with E-state index < -0.39 is 0 Å². The summed E-state index contributed by atoms with van der Waals surface area (Å²) in [6.45, 7) is 0.584. The Kier molecular flexibility index (Phi) is 4.82. The lowest BCUT2D eigenvalue weighted by atomic mass is 10.2. The van der Waals surface area contributed by atoms with Crippen molar-refractivity contribution in [2.75, 3.05) is 26.1 Å². The van der Waals surface area contributed by atoms with E-state index in [1.807, 2.05) is 54.6 Å². The normalized spacial score (nSPS) is 10.0. The molecule has 0 aliphatic carbocycles. The van der Waals surface area contributed by atoms with Gasteiger partial charge >= 0.3 is 6.03 Å². The zero-order valence-corrected chi connectivity index (χ0v) is 12.6. The number of ether oxygens (including phenoxy) is 1. The van der Waals surface area contributed by atoms with Crippen LogP contribution in [0.4, 0.5) is 10.5 Å². The number of anilines is 1. The summed E-state index contributed by atoms with van der Waals surface area (Å²) in [4.78, 5) is 15.7. The van der Waals surface area contributed by atoms with Crippen molar-refractivity contribution in [3.05, 3.63) is 60.2 Å². The fraction of sp³-hybridized carbons (Fsp3) is 0.235. The van der Waals surface area contributed by atoms with Crippen molar-refractivity contribution in [3.63, 3.8) is 0 Å². The Hall–Kier alpha value is -2.49. The maximum atomic E-state index is 12.4. The third-order valence-corrected chi connectivity index (χ3v) is 3.34. The van der Waals surface area contributed by atoms with Gasteiger partial charge in [-0.1, -0.05) is 30.3 Å². The van der Waals surface area contributed by atoms with Gasteiger partial charge in [0, 0.05) is 26.3 Å². The summed E-state index contributed by atoms with van der Waals surface area (Å²) in [5, 5.41) is 0. The average Bonchev–Trinajstić information content (AvgIpc) is 2.54. The molecule has 0 fully saturated rings. The molecule has 0 heterocycles. The number of hydrogen-bond donors (Lipinski definition) is 0. The molecule has 2 aromatic rings. The monoisotopic (exact) mass is 284 g/mol. The summed E-state index contributed by atoms with van der Waals surface area (Å²) in [7, 11) is 5.19. The van der Waals surface area contributed by atoms with Crippen molar-refractivity contribution in [2.45, 2.75) is 6.54 Å². The molecular weight excluding hydrogens is 264 g/mol. The Labute approximate surface area is 125 Å². The van der Waals surface area contributed by atoms with Crippen LogP contribution in [0, 0.1) is 0 Å². The van der Waals surface area contributed by atoms with Crippen molar-refractivity contribution < 1.29 is 9.53 Å². The predicted octanol–water partition coefficient (Wildman–Crippen LogP) is 3.38. The van der Waals surface area contributed by atoms with E-state index in [9.17, 15) is 4.79 Å². The minimum absolute atomic E-state index is 0.0518. The fourth-order valence-corrected chi connectivity index (χ4v) is 2.10. The highest BCUT2D eigenvalue weighted by molar-refractivity contribution is 5.91. The van der Waals surface area contributed by atoms with Gasteiger partial charge in [0.25, 0.3) is 0 Å². The summed E-state index contributed by atoms with van der Waals surface area (Å²) >= 11 is 0. The van der Waals surface area contributed by atoms with Gasteiger partial charge in [-0.25, -0.2) is 4.79 Å². The molecule has 2 amide bonds. The van der Waals surface area contributed by atoms with Gasteiger partial charge in [0.15, 0.2) is 0 Å². The van der Waals surface area contributed by atoms with E-state index in [0.29, 0.717) is 6.54 Å². The maximum absolute atomic E-state index is 12.4. The highest BCUT2D eigenvalue weighted by atomic mass is 16.5. The Balaban J connectivity index is 2.03. The standard InChI is InChI=1S/C17H20N2O2/c1-18(13-14-7-5-4-6-8-14)17(20)19(2)15-9-11-16(21-3)12-10-15/h4-12H,13H2,1-3H3. The van der Waals surface area contributed by atoms with Gasteiger partial charge in [-0.2, -0.15) is 0 Å². The molecule has 0 saturated heterocycles. The van der Waals surface area contributed by atoms with Crippen molar-refractivity contribution >= 4 is 11.7 Å². The zero-order chi connectivity index (χ0) is 15.2. The van der Waals surface area contributed by atoms with E-state index in [2.05, 4.69) is 0 Å². The molecular formula is C17H20N2O2. The maximum Gasteiger partial charge on any atom is 0.324 e. The van der Waals surface area contributed by atoms with Crippen molar-refractivity contribution in [1.29, 1.82) is 0 Å². The average molecular weight is 284 g/mol. The van der Waals surface area contributed by atoms with Gasteiger partial charge < -0.3 is 9.64 Å². The van der Waals surface area contributed by atoms with Gasteiger partial charge in [-0.05, 0) is 29.8 Å². The summed E-state index contributed by atoms with van der Waals surface area (Å²) in [5.41, 5.74) is 1.94. The lowest BCUT2D eigenvalue weighted by Crippen LogP contribution is -2.38. The molecule has 2 aromatic carbocycles. The first-order chi connectivity index (χ1) is 10.1. The topological polar surface area (TPSA) is 32.8 Å². The van der Waals surface area contributed by atoms with Gasteiger partial charge in [-0.15, -0.1) is 0 Å². The van der Waals surface area contributed by atoms with Crippen LogP contribution in [-0.4, -0.2) is 32.1 Å². The van der Waals surface area contributed by atoms with Crippen LogP contribution in [0.1, 0.15) is 5.56 Å². The van der Waals surface area contributed by atoms with Crippen LogP contribution in [-0.2, 0) is 6.54 Å². The Morgan fingerprint density at radius 3 is 2.19 bits per heavy atom. The first-order valence-electron chi connectivity index (χ1n) is 6.78. The number of amides is 2. The number of methoxy groups -OCH3 is 1. The molecule has 4 heteroatoms. The summed E-state index contributed by atoms with van der Waals surface area (Å²) in [5.74, 6) is 0.775. The van der Waals surface area contributed by atoms with Crippen molar-refractivity contribution in [3.8, 4) is 5.75 Å². The van der Waals surface area contributed by atoms with E-state index in [1.54, 1.807) is 31.0 Å². The lowest BCUT2D eigenvalue weighted by Gasteiger charge is -2.25. The SMILES string of the molecule is COc1ccc(N(C)C(=O)N(C)Cc2ccccc2)cc1. The first-order valence-corrected chi connectivity index (χ1v) is 6.78. The highest BCUT2D eigenvalue weighted by Gasteiger charge is 2.15. The molecule has 4 nitrogen and oxygen atoms in total. The molecule has 2 rings (SSSR count). The Morgan fingerprint density at radius 1 is 1.00 bits per heavy atom. The van der Waals surface area contributed by atoms with Crippen LogP contribution < -0.4 is 9.64 Å². The van der Waals surface area contributed by atoms with Crippen LogP contribution >= 0.6 is 0 Å². The van der Waals surface area contributed by atoms with Crippen LogP contribution in [0.15, 0.2) is 54.6 Å². The van der Waals surface area contributed by atoms with Gasteiger partial charge in [-0.3, -0.25) is 4.90 Å². The van der Waals surface area contributed by atoms with E-state index in [0.717, 1.165) is 17.0 Å². The Bertz CT molecular complexity index is 581. The second kappa shape index (κ2) is 6.79. The molecule has 0 bridgehead atoms. The number of hydrogen-bond acceptors (Lipinski definition) is 2. The number of carbonyl (C=O) groups excluding carboxylic acids is 1. The van der Waals surface area contributed by atoms with Gasteiger partial charge in [0.1, 0.15) is 5.75 Å². The molecule has 110 valence electrons. The summed E-state index contributed by atoms with van der Waals surface area (Å²) in [6, 6.07) is 17.3. The molecule has 0 saturated carbocycles. The van der Waals surface area contributed by atoms with E-state index in [-0.39, 0.29) is 6.03 Å². The molecule has 21 heavy (non-hydrogen) atoms. The molecule has 0 atom stereocenters. The summed E-state index contributed by atoms with van der Waals surface area (Å²) in [6.07, 6.45) is 0. The summed E-state index contributed by atoms with van der Waals surface area (Å²) < 4.78 is 5.12. The molecule has 0 radical (unpaired) electrons. The third-order valence-electron chi connectivity index (χ3n) is 3.34. The van der Waals surface area contributed by atoms with Crippen molar-refractivity contribution in [2.24, 2.45) is 0 Å². The van der Waals surface area contributed by atoms with Crippen molar-refractivity contribution in [1.82, 2.24) is 4.90 Å². The Morgan fingerprint density at radius 2 is 1.62 bits per heavy atom. The van der Waals surface area contributed by atoms with E-state index >= 15 is 0 Å². The first kappa shape index (κ1) is 14.9. The highest BCUT2D eigenvalue weighted by Crippen LogP contribution is 2.19. The molecule has 0 N–H and O–H groups in total. The van der Waals surface area contributed by atoms with E-state index in [1.165, 1.54) is 0 Å². The second-order valence-electron chi connectivity index (χ2n) is 4.88. The number of rotatable bonds is 4. The molecule has 0 unspecified atom stereocenters. The van der Waals surface area contributed by atoms with Crippen LogP contribution in [0.5, 0.6) is 5.75 Å². The number of nitrogens with zero attached hydrogens (tertiary/aromatic N) is 2. The van der Waals surface area contributed by atoms with Crippen LogP contribution in [0.3, 0.4) is 0 Å². The molecule has 0 aromatic heterocycles. The molecule has 0 aliphatic rings. The van der Waals surface area contributed by atoms with Crippen LogP contribution in [0.25, 0.3) is 0 Å². The predicted molar refractivity (Wildman–Crippen MR) is 84.7 cm³/mol. The number of benzene rings is 2. The minimum Gasteiger partial charge on any atom is -0.497 e. The lowest BCUT2D eigenvalue weighted by molar-refractivity contribution is 0.215. The quantitative estimate of drug-likeness (QED) is 0.862. The smallest absolute Gasteiger partial charge is 0.324 e. The second-order valence-corrected chi connectivity index (χ2v) is 4.88. The fourth-order valence-electron chi connectivity index (χ4n) is 2.10. The molecule has 0 spiro atoms. The van der Waals surface area contributed by atoms with Crippen LogP contribution in [0.2, 0.25) is 0 Å². The number of carbonyl (C=O) groups is 1. The minimum atomic E-state index is -0.0518. The molecule has 0 aliphatic heterocycles. The van der Waals surface area contributed by atoms with Gasteiger partial charge in [0.05, 0.1) is 7.11 Å². The van der Waals surface area contributed by atoms with Gasteiger partial charge in [0.2, 0.25) is 0 Å². The third kappa shape index (κ3) is 3.75.